The van der Waals surface area contributed by atoms with Gasteiger partial charge in [0.05, 0.1) is 26.9 Å². The number of ether oxygens (including phenoxy) is 4. The molecule has 1 aliphatic heterocycles. The number of hydrogen-bond donors (Lipinski definition) is 3. The first-order valence-corrected chi connectivity index (χ1v) is 7.65. The zero-order chi connectivity index (χ0) is 18.1. The lowest BCUT2D eigenvalue weighted by Crippen LogP contribution is -2.34. The minimum atomic E-state index is -1.23. The third-order valence-corrected chi connectivity index (χ3v) is 4.25. The maximum Gasteiger partial charge on any atom is 0.160 e. The van der Waals surface area contributed by atoms with E-state index in [0.717, 1.165) is 0 Å². The second kappa shape index (κ2) is 6.70. The third kappa shape index (κ3) is 2.92. The molecular weight excluding hydrogens is 328 g/mol. The smallest absolute Gasteiger partial charge is 0.160 e. The van der Waals surface area contributed by atoms with Gasteiger partial charge >= 0.3 is 0 Å². The van der Waals surface area contributed by atoms with Crippen molar-refractivity contribution >= 4 is 0 Å². The van der Waals surface area contributed by atoms with E-state index in [1.807, 2.05) is 0 Å². The summed E-state index contributed by atoms with van der Waals surface area (Å²) in [5, 5.41) is 30.9. The second-order valence-corrected chi connectivity index (χ2v) is 5.65. The highest BCUT2D eigenvalue weighted by Crippen LogP contribution is 2.47. The van der Waals surface area contributed by atoms with Gasteiger partial charge in [-0.15, -0.1) is 0 Å². The molecule has 3 rings (SSSR count). The Labute approximate surface area is 145 Å². The molecule has 134 valence electrons. The van der Waals surface area contributed by atoms with Crippen LogP contribution < -0.4 is 18.9 Å². The van der Waals surface area contributed by atoms with Gasteiger partial charge in [0.25, 0.3) is 0 Å². The van der Waals surface area contributed by atoms with Crippen molar-refractivity contribution < 1.29 is 34.3 Å². The number of rotatable bonds is 4. The van der Waals surface area contributed by atoms with Gasteiger partial charge in [-0.05, 0) is 17.7 Å². The number of benzene rings is 2. The Morgan fingerprint density at radius 3 is 2.28 bits per heavy atom. The Morgan fingerprint density at radius 2 is 1.64 bits per heavy atom. The van der Waals surface area contributed by atoms with E-state index in [0.29, 0.717) is 28.4 Å². The standard InChI is InChI=1S/C18H20O7/c1-22-10-7-13(24-3)15-14(8-10)25-18(17(21)16(15)20)9-4-5-11(19)12(6-9)23-2/h4-8,16-21H,1-3H3/t16-,17-,18+/m0/s1. The molecule has 0 unspecified atom stereocenters. The molecular formula is C18H20O7. The molecule has 0 spiro atoms. The number of aromatic hydroxyl groups is 1. The first kappa shape index (κ1) is 17.2. The summed E-state index contributed by atoms with van der Waals surface area (Å²) in [6, 6.07) is 7.83. The van der Waals surface area contributed by atoms with Crippen LogP contribution in [0.2, 0.25) is 0 Å². The Bertz CT molecular complexity index is 774. The fourth-order valence-electron chi connectivity index (χ4n) is 2.93. The number of aliphatic hydroxyl groups excluding tert-OH is 2. The molecule has 25 heavy (non-hydrogen) atoms. The monoisotopic (exact) mass is 348 g/mol. The molecule has 2 aromatic carbocycles. The van der Waals surface area contributed by atoms with E-state index >= 15 is 0 Å². The normalized spacial score (nSPS) is 21.9. The number of hydrogen-bond acceptors (Lipinski definition) is 7. The summed E-state index contributed by atoms with van der Waals surface area (Å²) in [4.78, 5) is 0. The topological polar surface area (TPSA) is 97.6 Å². The second-order valence-electron chi connectivity index (χ2n) is 5.65. The van der Waals surface area contributed by atoms with E-state index in [9.17, 15) is 15.3 Å². The summed E-state index contributed by atoms with van der Waals surface area (Å²) in [6.07, 6.45) is -3.30. The van der Waals surface area contributed by atoms with E-state index in [2.05, 4.69) is 0 Å². The van der Waals surface area contributed by atoms with Crippen molar-refractivity contribution in [2.24, 2.45) is 0 Å². The molecule has 3 atom stereocenters. The Balaban J connectivity index is 2.06. The molecule has 0 bridgehead atoms. The van der Waals surface area contributed by atoms with Crippen LogP contribution in [0.15, 0.2) is 30.3 Å². The largest absolute Gasteiger partial charge is 0.504 e. The first-order chi connectivity index (χ1) is 12.0. The zero-order valence-corrected chi connectivity index (χ0v) is 14.1. The van der Waals surface area contributed by atoms with Gasteiger partial charge in [-0.3, -0.25) is 0 Å². The lowest BCUT2D eigenvalue weighted by Gasteiger charge is -2.35. The minimum absolute atomic E-state index is 0.0270. The number of methoxy groups -OCH3 is 3. The maximum atomic E-state index is 10.6. The average molecular weight is 348 g/mol. The summed E-state index contributed by atoms with van der Waals surface area (Å²) in [5.74, 6) is 1.44. The zero-order valence-electron chi connectivity index (χ0n) is 14.1. The first-order valence-electron chi connectivity index (χ1n) is 7.65. The number of fused-ring (bicyclic) bond motifs is 1. The molecule has 0 radical (unpaired) electrons. The van der Waals surface area contributed by atoms with Gasteiger partial charge in [0, 0.05) is 12.1 Å². The van der Waals surface area contributed by atoms with Crippen molar-refractivity contribution in [1.29, 1.82) is 0 Å². The van der Waals surface area contributed by atoms with Crippen LogP contribution in [0.5, 0.6) is 28.7 Å². The SMILES string of the molecule is COc1cc(OC)c2c(c1)O[C@H](c1ccc(O)c(OC)c1)[C@@H](O)[C@H]2O. The molecule has 7 heteroatoms. The van der Waals surface area contributed by atoms with Crippen molar-refractivity contribution in [1.82, 2.24) is 0 Å². The lowest BCUT2D eigenvalue weighted by molar-refractivity contribution is -0.0711. The Morgan fingerprint density at radius 1 is 0.920 bits per heavy atom. The molecule has 0 saturated heterocycles. The summed E-state index contributed by atoms with van der Waals surface area (Å²) < 4.78 is 21.5. The van der Waals surface area contributed by atoms with Gasteiger partial charge in [0.1, 0.15) is 29.5 Å². The third-order valence-electron chi connectivity index (χ3n) is 4.25. The average Bonchev–Trinajstić information content (AvgIpc) is 2.64. The highest BCUT2D eigenvalue weighted by atomic mass is 16.5. The van der Waals surface area contributed by atoms with Crippen LogP contribution >= 0.6 is 0 Å². The highest BCUT2D eigenvalue weighted by Gasteiger charge is 2.39. The molecule has 3 N–H and O–H groups in total. The van der Waals surface area contributed by atoms with Gasteiger partial charge in [0.2, 0.25) is 0 Å². The summed E-state index contributed by atoms with van der Waals surface area (Å²) in [5.41, 5.74) is 0.909. The Kier molecular flexibility index (Phi) is 4.61. The van der Waals surface area contributed by atoms with E-state index in [4.69, 9.17) is 18.9 Å². The van der Waals surface area contributed by atoms with Crippen molar-refractivity contribution in [2.45, 2.75) is 18.3 Å². The maximum absolute atomic E-state index is 10.6. The van der Waals surface area contributed by atoms with Crippen LogP contribution in [0, 0.1) is 0 Å². The fraction of sp³-hybridized carbons (Fsp3) is 0.333. The summed E-state index contributed by atoms with van der Waals surface area (Å²) >= 11 is 0. The van der Waals surface area contributed by atoms with Gasteiger partial charge in [-0.2, -0.15) is 0 Å². The van der Waals surface area contributed by atoms with Crippen molar-refractivity contribution in [3.63, 3.8) is 0 Å². The van der Waals surface area contributed by atoms with E-state index in [-0.39, 0.29) is 11.5 Å². The van der Waals surface area contributed by atoms with Gasteiger partial charge in [-0.25, -0.2) is 0 Å². The quantitative estimate of drug-likeness (QED) is 0.777. The molecule has 2 aromatic rings. The van der Waals surface area contributed by atoms with Crippen LogP contribution in [0.3, 0.4) is 0 Å². The van der Waals surface area contributed by atoms with Gasteiger partial charge in [-0.1, -0.05) is 6.07 Å². The minimum Gasteiger partial charge on any atom is -0.504 e. The van der Waals surface area contributed by atoms with Gasteiger partial charge in [0.15, 0.2) is 17.6 Å². The predicted octanol–water partition coefficient (Wildman–Crippen LogP) is 1.95. The molecule has 0 fully saturated rings. The van der Waals surface area contributed by atoms with E-state index < -0.39 is 18.3 Å². The van der Waals surface area contributed by atoms with Gasteiger partial charge < -0.3 is 34.3 Å². The number of aliphatic hydroxyl groups is 2. The van der Waals surface area contributed by atoms with E-state index in [1.165, 1.54) is 27.4 Å². The molecule has 0 aliphatic carbocycles. The molecule has 0 aromatic heterocycles. The van der Waals surface area contributed by atoms with Crippen LogP contribution in [0.25, 0.3) is 0 Å². The summed E-state index contributed by atoms with van der Waals surface area (Å²) in [6.45, 7) is 0. The highest BCUT2D eigenvalue weighted by molar-refractivity contribution is 5.54. The summed E-state index contributed by atoms with van der Waals surface area (Å²) in [7, 11) is 4.40. The predicted molar refractivity (Wildman–Crippen MR) is 88.5 cm³/mol. The molecule has 7 nitrogen and oxygen atoms in total. The van der Waals surface area contributed by atoms with Crippen molar-refractivity contribution in [2.75, 3.05) is 21.3 Å². The van der Waals surface area contributed by atoms with Crippen LogP contribution in [0.4, 0.5) is 0 Å². The number of phenols is 1. The van der Waals surface area contributed by atoms with E-state index in [1.54, 1.807) is 24.3 Å². The van der Waals surface area contributed by atoms with Crippen molar-refractivity contribution in [3.05, 3.63) is 41.5 Å². The fourth-order valence-corrected chi connectivity index (χ4v) is 2.93. The van der Waals surface area contributed by atoms with Crippen LogP contribution in [0.1, 0.15) is 23.3 Å². The molecule has 0 saturated carbocycles. The van der Waals surface area contributed by atoms with Crippen LogP contribution in [-0.4, -0.2) is 42.8 Å². The Hall–Kier alpha value is -2.64. The molecule has 1 aliphatic rings. The van der Waals surface area contributed by atoms with Crippen LogP contribution in [-0.2, 0) is 0 Å². The van der Waals surface area contributed by atoms with Crippen molar-refractivity contribution in [3.8, 4) is 28.7 Å². The molecule has 1 heterocycles. The number of phenolic OH excluding ortho intramolecular Hbond substituents is 1. The molecule has 0 amide bonds. The lowest BCUT2D eigenvalue weighted by atomic mass is 9.91.